The van der Waals surface area contributed by atoms with E-state index in [2.05, 4.69) is 12.0 Å². The van der Waals surface area contributed by atoms with Crippen LogP contribution < -0.4 is 5.73 Å². The van der Waals surface area contributed by atoms with Crippen LogP contribution >= 0.6 is 0 Å². The number of nitrogens with zero attached hydrogens (tertiary/aromatic N) is 2. The summed E-state index contributed by atoms with van der Waals surface area (Å²) in [7, 11) is 1.94. The predicted molar refractivity (Wildman–Crippen MR) is 44.8 cm³/mol. The van der Waals surface area contributed by atoms with Crippen molar-refractivity contribution in [1.29, 1.82) is 0 Å². The van der Waals surface area contributed by atoms with Gasteiger partial charge in [0.1, 0.15) is 5.84 Å². The van der Waals surface area contributed by atoms with E-state index in [-0.39, 0.29) is 0 Å². The van der Waals surface area contributed by atoms with Crippen LogP contribution in [0.1, 0.15) is 26.7 Å². The van der Waals surface area contributed by atoms with Crippen LogP contribution in [-0.2, 0) is 0 Å². The van der Waals surface area contributed by atoms with E-state index < -0.39 is 0 Å². The fraction of sp³-hybridized carbons (Fsp3) is 0.857. The smallest absolute Gasteiger partial charge is 0.116 e. The van der Waals surface area contributed by atoms with Gasteiger partial charge in [-0.15, -0.1) is 0 Å². The maximum atomic E-state index is 5.37. The van der Waals surface area contributed by atoms with Crippen LogP contribution in [-0.4, -0.2) is 24.4 Å². The Labute approximate surface area is 62.9 Å². The fourth-order valence-corrected chi connectivity index (χ4v) is 0.706. The lowest BCUT2D eigenvalue weighted by Crippen LogP contribution is -2.18. The SMILES string of the molecule is CCCCN(C)N=C(C)N. The van der Waals surface area contributed by atoms with E-state index in [0.717, 1.165) is 6.54 Å². The summed E-state index contributed by atoms with van der Waals surface area (Å²) >= 11 is 0. The van der Waals surface area contributed by atoms with Crippen molar-refractivity contribution in [2.45, 2.75) is 26.7 Å². The van der Waals surface area contributed by atoms with E-state index in [1.54, 1.807) is 6.92 Å². The van der Waals surface area contributed by atoms with Crippen LogP contribution in [0.25, 0.3) is 0 Å². The molecule has 10 heavy (non-hydrogen) atoms. The summed E-state index contributed by atoms with van der Waals surface area (Å²) in [6.45, 7) is 4.94. The van der Waals surface area contributed by atoms with Crippen LogP contribution in [0.2, 0.25) is 0 Å². The van der Waals surface area contributed by atoms with Gasteiger partial charge in [0.2, 0.25) is 0 Å². The monoisotopic (exact) mass is 143 g/mol. The molecule has 0 heterocycles. The van der Waals surface area contributed by atoms with Gasteiger partial charge >= 0.3 is 0 Å². The van der Waals surface area contributed by atoms with Gasteiger partial charge in [0, 0.05) is 13.6 Å². The van der Waals surface area contributed by atoms with E-state index in [9.17, 15) is 0 Å². The summed E-state index contributed by atoms with van der Waals surface area (Å²) in [5.41, 5.74) is 5.37. The molecule has 0 radical (unpaired) electrons. The molecular formula is C7H17N3. The van der Waals surface area contributed by atoms with E-state index in [4.69, 9.17) is 5.73 Å². The number of rotatable bonds is 4. The molecule has 2 N–H and O–H groups in total. The molecular weight excluding hydrogens is 126 g/mol. The molecule has 0 aliphatic carbocycles. The van der Waals surface area contributed by atoms with E-state index in [1.807, 2.05) is 12.1 Å². The third kappa shape index (κ3) is 5.41. The Morgan fingerprint density at radius 2 is 2.20 bits per heavy atom. The summed E-state index contributed by atoms with van der Waals surface area (Å²) in [6, 6.07) is 0. The van der Waals surface area contributed by atoms with E-state index >= 15 is 0 Å². The van der Waals surface area contributed by atoms with Gasteiger partial charge in [-0.05, 0) is 13.3 Å². The highest BCUT2D eigenvalue weighted by molar-refractivity contribution is 5.77. The molecule has 0 spiro atoms. The molecule has 0 rings (SSSR count). The highest BCUT2D eigenvalue weighted by Crippen LogP contribution is 1.91. The lowest BCUT2D eigenvalue weighted by atomic mass is 10.3. The number of unbranched alkanes of at least 4 members (excludes halogenated alkanes) is 1. The molecule has 0 bridgehead atoms. The Kier molecular flexibility index (Phi) is 4.72. The lowest BCUT2D eigenvalue weighted by molar-refractivity contribution is 0.346. The third-order valence-electron chi connectivity index (χ3n) is 1.16. The van der Waals surface area contributed by atoms with Crippen molar-refractivity contribution in [3.63, 3.8) is 0 Å². The molecule has 0 saturated carbocycles. The predicted octanol–water partition coefficient (Wildman–Crippen LogP) is 1.01. The second kappa shape index (κ2) is 5.09. The second-order valence-electron chi connectivity index (χ2n) is 2.48. The fourth-order valence-electron chi connectivity index (χ4n) is 0.706. The van der Waals surface area contributed by atoms with Crippen LogP contribution in [0.5, 0.6) is 0 Å². The summed E-state index contributed by atoms with van der Waals surface area (Å²) < 4.78 is 0. The Hall–Kier alpha value is -0.730. The zero-order chi connectivity index (χ0) is 7.98. The maximum Gasteiger partial charge on any atom is 0.116 e. The molecule has 0 aliphatic heterocycles. The summed E-state index contributed by atoms with van der Waals surface area (Å²) in [5, 5.41) is 5.92. The van der Waals surface area contributed by atoms with Gasteiger partial charge in [-0.25, -0.2) is 0 Å². The number of hydrazone groups is 1. The van der Waals surface area contributed by atoms with Crippen LogP contribution in [0.3, 0.4) is 0 Å². The summed E-state index contributed by atoms with van der Waals surface area (Å²) in [5.74, 6) is 0.624. The van der Waals surface area contributed by atoms with E-state index in [0.29, 0.717) is 5.84 Å². The first-order valence-corrected chi connectivity index (χ1v) is 3.68. The largest absolute Gasteiger partial charge is 0.386 e. The molecule has 0 aromatic heterocycles. The molecule has 0 saturated heterocycles. The average molecular weight is 143 g/mol. The van der Waals surface area contributed by atoms with Crippen molar-refractivity contribution in [2.75, 3.05) is 13.6 Å². The minimum atomic E-state index is 0.624. The zero-order valence-corrected chi connectivity index (χ0v) is 7.09. The maximum absolute atomic E-state index is 5.37. The normalized spacial score (nSPS) is 11.7. The first-order chi connectivity index (χ1) is 4.66. The van der Waals surface area contributed by atoms with Gasteiger partial charge in [0.05, 0.1) is 0 Å². The molecule has 0 atom stereocenters. The van der Waals surface area contributed by atoms with Crippen molar-refractivity contribution in [3.05, 3.63) is 0 Å². The molecule has 0 fully saturated rings. The molecule has 3 nitrogen and oxygen atoms in total. The van der Waals surface area contributed by atoms with Crippen molar-refractivity contribution in [2.24, 2.45) is 10.8 Å². The second-order valence-corrected chi connectivity index (χ2v) is 2.48. The van der Waals surface area contributed by atoms with E-state index in [1.165, 1.54) is 12.8 Å². The quantitative estimate of drug-likeness (QED) is 0.362. The third-order valence-corrected chi connectivity index (χ3v) is 1.16. The topological polar surface area (TPSA) is 41.6 Å². The summed E-state index contributed by atoms with van der Waals surface area (Å²) in [4.78, 5) is 0. The van der Waals surface area contributed by atoms with Crippen molar-refractivity contribution in [3.8, 4) is 0 Å². The minimum Gasteiger partial charge on any atom is -0.386 e. The molecule has 0 aromatic carbocycles. The standard InChI is InChI=1S/C7H17N3/c1-4-5-6-10(3)9-7(2)8/h4-6H2,1-3H3,(H2,8,9). The Bertz CT molecular complexity index is 105. The van der Waals surface area contributed by atoms with Crippen molar-refractivity contribution in [1.82, 2.24) is 5.01 Å². The first kappa shape index (κ1) is 9.27. The molecule has 60 valence electrons. The minimum absolute atomic E-state index is 0.624. The Morgan fingerprint density at radius 3 is 2.60 bits per heavy atom. The Morgan fingerprint density at radius 1 is 1.60 bits per heavy atom. The van der Waals surface area contributed by atoms with Crippen LogP contribution in [0.4, 0.5) is 0 Å². The molecule has 3 heteroatoms. The van der Waals surface area contributed by atoms with Crippen molar-refractivity contribution >= 4 is 5.84 Å². The highest BCUT2D eigenvalue weighted by atomic mass is 15.4. The van der Waals surface area contributed by atoms with Gasteiger partial charge in [-0.2, -0.15) is 5.10 Å². The van der Waals surface area contributed by atoms with Crippen LogP contribution in [0.15, 0.2) is 5.10 Å². The average Bonchev–Trinajstić information content (AvgIpc) is 1.82. The van der Waals surface area contributed by atoms with Gasteiger partial charge in [0.15, 0.2) is 0 Å². The van der Waals surface area contributed by atoms with Gasteiger partial charge < -0.3 is 5.73 Å². The Balaban J connectivity index is 3.43. The lowest BCUT2D eigenvalue weighted by Gasteiger charge is -2.11. The van der Waals surface area contributed by atoms with Crippen molar-refractivity contribution < 1.29 is 0 Å². The highest BCUT2D eigenvalue weighted by Gasteiger charge is 1.90. The van der Waals surface area contributed by atoms with Crippen LogP contribution in [0, 0.1) is 0 Å². The first-order valence-electron chi connectivity index (χ1n) is 3.68. The molecule has 0 aliphatic rings. The van der Waals surface area contributed by atoms with Gasteiger partial charge in [-0.1, -0.05) is 13.3 Å². The van der Waals surface area contributed by atoms with Gasteiger partial charge in [-0.3, -0.25) is 5.01 Å². The van der Waals surface area contributed by atoms with Gasteiger partial charge in [0.25, 0.3) is 0 Å². The zero-order valence-electron chi connectivity index (χ0n) is 7.09. The number of nitrogens with two attached hydrogens (primary N) is 1. The molecule has 0 amide bonds. The molecule has 0 unspecified atom stereocenters. The number of amidine groups is 1. The number of hydrogen-bond acceptors (Lipinski definition) is 2. The summed E-state index contributed by atoms with van der Waals surface area (Å²) in [6.07, 6.45) is 2.37. The number of hydrogen-bond donors (Lipinski definition) is 1. The molecule has 0 aromatic rings.